The lowest BCUT2D eigenvalue weighted by atomic mass is 10.0. The maximum atomic E-state index is 13.1. The van der Waals surface area contributed by atoms with Gasteiger partial charge >= 0.3 is 6.18 Å². The van der Waals surface area contributed by atoms with E-state index in [-0.39, 0.29) is 5.56 Å². The molecule has 1 fully saturated rings. The minimum atomic E-state index is -4.62. The van der Waals surface area contributed by atoms with Gasteiger partial charge in [-0.05, 0) is 31.0 Å². The van der Waals surface area contributed by atoms with Crippen LogP contribution in [0.3, 0.4) is 0 Å². The van der Waals surface area contributed by atoms with Crippen molar-refractivity contribution in [3.8, 4) is 0 Å². The third-order valence-corrected chi connectivity index (χ3v) is 3.45. The van der Waals surface area contributed by atoms with E-state index < -0.39 is 23.7 Å². The molecule has 1 aromatic carbocycles. The van der Waals surface area contributed by atoms with Gasteiger partial charge in [0.25, 0.3) is 0 Å². The summed E-state index contributed by atoms with van der Waals surface area (Å²) in [6.45, 7) is 0.873. The van der Waals surface area contributed by atoms with Crippen molar-refractivity contribution in [1.82, 2.24) is 0 Å². The minimum absolute atomic E-state index is 0.292. The molecule has 1 aromatic rings. The number of piperidine rings is 1. The Morgan fingerprint density at radius 3 is 2.67 bits per heavy atom. The molecule has 0 aromatic heterocycles. The van der Waals surface area contributed by atoms with Gasteiger partial charge in [-0.1, -0.05) is 5.16 Å². The summed E-state index contributed by atoms with van der Waals surface area (Å²) in [7, 11) is 0. The second-order valence-electron chi connectivity index (χ2n) is 4.95. The Morgan fingerprint density at radius 1 is 1.38 bits per heavy atom. The summed E-state index contributed by atoms with van der Waals surface area (Å²) in [5.74, 6) is -0.590. The Bertz CT molecular complexity index is 546. The lowest BCUT2D eigenvalue weighted by Gasteiger charge is -2.32. The summed E-state index contributed by atoms with van der Waals surface area (Å²) in [4.78, 5) is 1.69. The molecule has 0 radical (unpaired) electrons. The molecule has 5 nitrogen and oxygen atoms in total. The summed E-state index contributed by atoms with van der Waals surface area (Å²) < 4.78 is 39.3. The van der Waals surface area contributed by atoms with Crippen molar-refractivity contribution >= 4 is 11.5 Å². The smallest absolute Gasteiger partial charge is 0.409 e. The summed E-state index contributed by atoms with van der Waals surface area (Å²) in [5.41, 5.74) is 4.31. The van der Waals surface area contributed by atoms with Crippen LogP contribution < -0.4 is 10.6 Å². The van der Waals surface area contributed by atoms with Gasteiger partial charge in [0.1, 0.15) is 0 Å². The number of hydrogen-bond donors (Lipinski definition) is 3. The first-order valence-electron chi connectivity index (χ1n) is 6.45. The third-order valence-electron chi connectivity index (χ3n) is 3.45. The molecule has 1 atom stereocenters. The number of β-amino-alcohol motifs (C(OH)–C–C–N with tert-alkyl or cyclic N) is 1. The molecular weight excluding hydrogens is 287 g/mol. The number of amidine groups is 1. The van der Waals surface area contributed by atoms with Gasteiger partial charge < -0.3 is 20.9 Å². The number of benzene rings is 1. The highest BCUT2D eigenvalue weighted by Gasteiger charge is 2.35. The van der Waals surface area contributed by atoms with Gasteiger partial charge in [-0.25, -0.2) is 0 Å². The highest BCUT2D eigenvalue weighted by Crippen LogP contribution is 2.35. The predicted molar refractivity (Wildman–Crippen MR) is 71.4 cm³/mol. The van der Waals surface area contributed by atoms with Crippen LogP contribution in [-0.4, -0.2) is 35.3 Å². The zero-order valence-corrected chi connectivity index (χ0v) is 11.1. The number of aliphatic hydroxyl groups is 1. The van der Waals surface area contributed by atoms with E-state index in [1.165, 1.54) is 12.1 Å². The number of rotatable bonds is 2. The van der Waals surface area contributed by atoms with Crippen molar-refractivity contribution in [2.45, 2.75) is 25.1 Å². The second-order valence-corrected chi connectivity index (χ2v) is 4.95. The number of halogens is 3. The van der Waals surface area contributed by atoms with Gasteiger partial charge in [0.15, 0.2) is 5.84 Å². The predicted octanol–water partition coefficient (Wildman–Crippen LogP) is 1.76. The molecule has 1 aliphatic rings. The number of oxime groups is 1. The Kier molecular flexibility index (Phi) is 4.26. The van der Waals surface area contributed by atoms with E-state index in [0.29, 0.717) is 31.6 Å². The molecule has 0 bridgehead atoms. The van der Waals surface area contributed by atoms with Crippen molar-refractivity contribution in [3.63, 3.8) is 0 Å². The van der Waals surface area contributed by atoms with E-state index in [1.807, 2.05) is 0 Å². The molecule has 0 spiro atoms. The molecular formula is C13H16F3N3O2. The summed E-state index contributed by atoms with van der Waals surface area (Å²) in [5, 5.41) is 20.8. The second kappa shape index (κ2) is 5.80. The van der Waals surface area contributed by atoms with Gasteiger partial charge in [-0.3, -0.25) is 0 Å². The van der Waals surface area contributed by atoms with Crippen LogP contribution in [-0.2, 0) is 6.18 Å². The van der Waals surface area contributed by atoms with Gasteiger partial charge in [-0.15, -0.1) is 0 Å². The fourth-order valence-corrected chi connectivity index (χ4v) is 2.43. The monoisotopic (exact) mass is 303 g/mol. The first-order chi connectivity index (χ1) is 9.82. The molecule has 0 aliphatic carbocycles. The maximum absolute atomic E-state index is 13.1. The minimum Gasteiger partial charge on any atom is -0.409 e. The Labute approximate surface area is 119 Å². The first kappa shape index (κ1) is 15.4. The Balaban J connectivity index is 2.42. The standard InChI is InChI=1S/C13H16F3N3O2/c14-13(15,16)11-6-8(3-4-10(11)12(17)18-21)19-5-1-2-9(20)7-19/h3-4,6,9,20-21H,1-2,5,7H2,(H2,17,18). The van der Waals surface area contributed by atoms with Crippen molar-refractivity contribution in [2.24, 2.45) is 10.9 Å². The average Bonchev–Trinajstić information content (AvgIpc) is 2.45. The van der Waals surface area contributed by atoms with E-state index in [1.54, 1.807) is 4.90 Å². The summed E-state index contributed by atoms with van der Waals surface area (Å²) >= 11 is 0. The number of hydrogen-bond acceptors (Lipinski definition) is 4. The number of nitrogens with two attached hydrogens (primary N) is 1. The molecule has 1 heterocycles. The molecule has 8 heteroatoms. The molecule has 116 valence electrons. The van der Waals surface area contributed by atoms with Gasteiger partial charge in [-0.2, -0.15) is 13.2 Å². The van der Waals surface area contributed by atoms with Gasteiger partial charge in [0.05, 0.1) is 11.7 Å². The van der Waals surface area contributed by atoms with Crippen LogP contribution in [0.5, 0.6) is 0 Å². The molecule has 1 unspecified atom stereocenters. The number of anilines is 1. The number of aliphatic hydroxyl groups excluding tert-OH is 1. The molecule has 0 saturated carbocycles. The topological polar surface area (TPSA) is 82.1 Å². The molecule has 0 amide bonds. The molecule has 4 N–H and O–H groups in total. The molecule has 1 saturated heterocycles. The number of nitrogens with zero attached hydrogens (tertiary/aromatic N) is 2. The molecule has 1 aliphatic heterocycles. The molecule has 21 heavy (non-hydrogen) atoms. The van der Waals surface area contributed by atoms with Crippen LogP contribution in [0, 0.1) is 0 Å². The van der Waals surface area contributed by atoms with Crippen LogP contribution in [0.25, 0.3) is 0 Å². The van der Waals surface area contributed by atoms with E-state index in [0.717, 1.165) is 6.07 Å². The zero-order valence-electron chi connectivity index (χ0n) is 11.1. The maximum Gasteiger partial charge on any atom is 0.417 e. The van der Waals surface area contributed by atoms with Crippen molar-refractivity contribution in [2.75, 3.05) is 18.0 Å². The van der Waals surface area contributed by atoms with Crippen LogP contribution in [0.1, 0.15) is 24.0 Å². The average molecular weight is 303 g/mol. The van der Waals surface area contributed by atoms with Crippen molar-refractivity contribution in [3.05, 3.63) is 29.3 Å². The largest absolute Gasteiger partial charge is 0.417 e. The fourth-order valence-electron chi connectivity index (χ4n) is 2.43. The van der Waals surface area contributed by atoms with Crippen LogP contribution >= 0.6 is 0 Å². The first-order valence-corrected chi connectivity index (χ1v) is 6.45. The van der Waals surface area contributed by atoms with E-state index in [9.17, 15) is 18.3 Å². The highest BCUT2D eigenvalue weighted by atomic mass is 19.4. The summed E-state index contributed by atoms with van der Waals surface area (Å²) in [6.07, 6.45) is -3.80. The number of alkyl halides is 3. The fraction of sp³-hybridized carbons (Fsp3) is 0.462. The normalized spacial score (nSPS) is 20.7. The van der Waals surface area contributed by atoms with E-state index in [2.05, 4.69) is 5.16 Å². The quantitative estimate of drug-likeness (QED) is 0.336. The van der Waals surface area contributed by atoms with Crippen LogP contribution in [0.15, 0.2) is 23.4 Å². The lowest BCUT2D eigenvalue weighted by Crippen LogP contribution is -2.38. The van der Waals surface area contributed by atoms with Crippen molar-refractivity contribution in [1.29, 1.82) is 0 Å². The Morgan fingerprint density at radius 2 is 2.10 bits per heavy atom. The van der Waals surface area contributed by atoms with Crippen molar-refractivity contribution < 1.29 is 23.5 Å². The van der Waals surface area contributed by atoms with Crippen LogP contribution in [0.2, 0.25) is 0 Å². The SMILES string of the molecule is NC(=NO)c1ccc(N2CCCC(O)C2)cc1C(F)(F)F. The molecule has 2 rings (SSSR count). The van der Waals surface area contributed by atoms with E-state index >= 15 is 0 Å². The van der Waals surface area contributed by atoms with Gasteiger partial charge in [0.2, 0.25) is 0 Å². The van der Waals surface area contributed by atoms with E-state index in [4.69, 9.17) is 10.9 Å². The van der Waals surface area contributed by atoms with Gasteiger partial charge in [0, 0.05) is 24.3 Å². The van der Waals surface area contributed by atoms with Crippen LogP contribution in [0.4, 0.5) is 18.9 Å². The highest BCUT2D eigenvalue weighted by molar-refractivity contribution is 5.99. The summed E-state index contributed by atoms with van der Waals surface area (Å²) in [6, 6.07) is 3.61. The Hall–Kier alpha value is -1.96. The lowest BCUT2D eigenvalue weighted by molar-refractivity contribution is -0.137. The third kappa shape index (κ3) is 3.38. The zero-order chi connectivity index (χ0) is 15.6.